The van der Waals surface area contributed by atoms with Gasteiger partial charge in [-0.15, -0.1) is 0 Å². The van der Waals surface area contributed by atoms with Gasteiger partial charge in [0.25, 0.3) is 0 Å². The van der Waals surface area contributed by atoms with Gasteiger partial charge in [-0.3, -0.25) is 4.79 Å². The molecule has 0 aromatic heterocycles. The van der Waals surface area contributed by atoms with Gasteiger partial charge in [0.05, 0.1) is 0 Å². The molecule has 1 saturated carbocycles. The first-order chi connectivity index (χ1) is 11.1. The average Bonchev–Trinajstić information content (AvgIpc) is 2.59. The molecule has 1 aliphatic carbocycles. The molecule has 2 rings (SSSR count). The van der Waals surface area contributed by atoms with Crippen LogP contribution in [0.3, 0.4) is 0 Å². The van der Waals surface area contributed by atoms with Crippen molar-refractivity contribution in [1.29, 1.82) is 0 Å². The highest BCUT2D eigenvalue weighted by atomic mass is 19.1. The maximum atomic E-state index is 13.0. The highest BCUT2D eigenvalue weighted by Crippen LogP contribution is 2.37. The SMILES string of the molecule is CCCCC(CC)CC(=O)[C@H]1CC[C@H](c2ccc(F)cc2)CC1. The first kappa shape index (κ1) is 18.2. The van der Waals surface area contributed by atoms with E-state index in [0.717, 1.165) is 38.5 Å². The smallest absolute Gasteiger partial charge is 0.136 e. The standard InChI is InChI=1S/C21H31FO/c1-3-5-6-16(4-2)15-21(23)19-9-7-17(8-10-19)18-11-13-20(22)14-12-18/h11-14,16-17,19H,3-10,15H2,1-2H3/t16?,17-,19-. The summed E-state index contributed by atoms with van der Waals surface area (Å²) in [7, 11) is 0. The molecule has 0 spiro atoms. The lowest BCUT2D eigenvalue weighted by molar-refractivity contribution is -0.124. The second kappa shape index (κ2) is 9.20. The van der Waals surface area contributed by atoms with Crippen molar-refractivity contribution in [2.24, 2.45) is 11.8 Å². The van der Waals surface area contributed by atoms with E-state index in [1.165, 1.54) is 24.8 Å². The Balaban J connectivity index is 1.81. The molecule has 1 aromatic rings. The summed E-state index contributed by atoms with van der Waals surface area (Å²) in [6, 6.07) is 6.90. The lowest BCUT2D eigenvalue weighted by Crippen LogP contribution is -2.23. The third-order valence-corrected chi connectivity index (χ3v) is 5.56. The maximum Gasteiger partial charge on any atom is 0.136 e. The molecule has 1 unspecified atom stereocenters. The minimum Gasteiger partial charge on any atom is -0.299 e. The summed E-state index contributed by atoms with van der Waals surface area (Å²) in [5.74, 6) is 1.67. The summed E-state index contributed by atoms with van der Waals surface area (Å²) in [6.07, 6.45) is 9.69. The lowest BCUT2D eigenvalue weighted by Gasteiger charge is -2.29. The second-order valence-corrected chi connectivity index (χ2v) is 7.19. The van der Waals surface area contributed by atoms with Gasteiger partial charge in [-0.2, -0.15) is 0 Å². The summed E-state index contributed by atoms with van der Waals surface area (Å²) < 4.78 is 13.0. The van der Waals surface area contributed by atoms with E-state index >= 15 is 0 Å². The first-order valence-corrected chi connectivity index (χ1v) is 9.42. The van der Waals surface area contributed by atoms with Gasteiger partial charge in [-0.05, 0) is 55.2 Å². The zero-order valence-corrected chi connectivity index (χ0v) is 14.7. The van der Waals surface area contributed by atoms with Gasteiger partial charge in [0.1, 0.15) is 11.6 Å². The quantitative estimate of drug-likeness (QED) is 0.551. The molecule has 0 radical (unpaired) electrons. The number of benzene rings is 1. The van der Waals surface area contributed by atoms with Crippen molar-refractivity contribution in [3.05, 3.63) is 35.6 Å². The Morgan fingerprint density at radius 3 is 2.35 bits per heavy atom. The molecule has 1 fully saturated rings. The van der Waals surface area contributed by atoms with Crippen molar-refractivity contribution in [1.82, 2.24) is 0 Å². The summed E-state index contributed by atoms with van der Waals surface area (Å²) in [4.78, 5) is 12.6. The van der Waals surface area contributed by atoms with E-state index in [9.17, 15) is 9.18 Å². The molecule has 0 bridgehead atoms. The Kier molecular flexibility index (Phi) is 7.26. The number of halogens is 1. The lowest BCUT2D eigenvalue weighted by atomic mass is 9.75. The van der Waals surface area contributed by atoms with Crippen LogP contribution in [-0.2, 0) is 4.79 Å². The number of carbonyl (C=O) groups is 1. The van der Waals surface area contributed by atoms with Crippen LogP contribution in [0.25, 0.3) is 0 Å². The minimum absolute atomic E-state index is 0.171. The molecule has 1 aromatic carbocycles. The number of ketones is 1. The van der Waals surface area contributed by atoms with Crippen LogP contribution in [0, 0.1) is 17.7 Å². The highest BCUT2D eigenvalue weighted by molar-refractivity contribution is 5.81. The van der Waals surface area contributed by atoms with Crippen LogP contribution in [0.1, 0.15) is 83.1 Å². The molecular weight excluding hydrogens is 287 g/mol. The van der Waals surface area contributed by atoms with Gasteiger partial charge in [-0.1, -0.05) is 51.7 Å². The van der Waals surface area contributed by atoms with E-state index in [1.54, 1.807) is 12.1 Å². The summed E-state index contributed by atoms with van der Waals surface area (Å²) in [6.45, 7) is 4.42. The van der Waals surface area contributed by atoms with E-state index in [-0.39, 0.29) is 11.7 Å². The Bertz CT molecular complexity index is 471. The molecule has 1 nitrogen and oxygen atoms in total. The van der Waals surface area contributed by atoms with Gasteiger partial charge >= 0.3 is 0 Å². The molecule has 23 heavy (non-hydrogen) atoms. The molecule has 2 heteroatoms. The predicted octanol–water partition coefficient (Wildman–Crippen LogP) is 6.28. The third-order valence-electron chi connectivity index (χ3n) is 5.56. The summed E-state index contributed by atoms with van der Waals surface area (Å²) in [5.41, 5.74) is 1.23. The zero-order valence-electron chi connectivity index (χ0n) is 14.7. The van der Waals surface area contributed by atoms with Gasteiger partial charge in [-0.25, -0.2) is 4.39 Å². The molecular formula is C21H31FO. The fourth-order valence-corrected chi connectivity index (χ4v) is 3.88. The number of unbranched alkanes of at least 4 members (excludes halogenated alkanes) is 1. The molecule has 0 aliphatic heterocycles. The molecule has 1 atom stereocenters. The zero-order chi connectivity index (χ0) is 16.7. The Morgan fingerprint density at radius 1 is 1.13 bits per heavy atom. The van der Waals surface area contributed by atoms with Crippen molar-refractivity contribution < 1.29 is 9.18 Å². The highest BCUT2D eigenvalue weighted by Gasteiger charge is 2.27. The van der Waals surface area contributed by atoms with Gasteiger partial charge in [0.2, 0.25) is 0 Å². The van der Waals surface area contributed by atoms with Crippen molar-refractivity contribution >= 4 is 5.78 Å². The van der Waals surface area contributed by atoms with Crippen molar-refractivity contribution in [3.8, 4) is 0 Å². The molecule has 0 heterocycles. The van der Waals surface area contributed by atoms with Crippen molar-refractivity contribution in [3.63, 3.8) is 0 Å². The molecule has 128 valence electrons. The fourth-order valence-electron chi connectivity index (χ4n) is 3.88. The number of hydrogen-bond donors (Lipinski definition) is 0. The van der Waals surface area contributed by atoms with E-state index in [0.29, 0.717) is 17.6 Å². The molecule has 1 aliphatic rings. The van der Waals surface area contributed by atoms with Crippen LogP contribution in [0.5, 0.6) is 0 Å². The second-order valence-electron chi connectivity index (χ2n) is 7.19. The topological polar surface area (TPSA) is 17.1 Å². The summed E-state index contributed by atoms with van der Waals surface area (Å²) >= 11 is 0. The van der Waals surface area contributed by atoms with Gasteiger partial charge in [0.15, 0.2) is 0 Å². The third kappa shape index (κ3) is 5.44. The normalized spacial score (nSPS) is 22.7. The average molecular weight is 318 g/mol. The monoisotopic (exact) mass is 318 g/mol. The Labute approximate surface area is 140 Å². The molecule has 0 saturated heterocycles. The van der Waals surface area contributed by atoms with Crippen LogP contribution in [0.15, 0.2) is 24.3 Å². The molecule has 0 N–H and O–H groups in total. The van der Waals surface area contributed by atoms with E-state index in [2.05, 4.69) is 13.8 Å². The molecule has 0 amide bonds. The van der Waals surface area contributed by atoms with Gasteiger partial charge < -0.3 is 0 Å². The Hall–Kier alpha value is -1.18. The van der Waals surface area contributed by atoms with E-state index in [1.807, 2.05) is 12.1 Å². The maximum absolute atomic E-state index is 13.0. The van der Waals surface area contributed by atoms with Crippen LogP contribution in [0.2, 0.25) is 0 Å². The van der Waals surface area contributed by atoms with Crippen LogP contribution >= 0.6 is 0 Å². The fraction of sp³-hybridized carbons (Fsp3) is 0.667. The Morgan fingerprint density at radius 2 is 1.78 bits per heavy atom. The number of hydrogen-bond acceptors (Lipinski definition) is 1. The van der Waals surface area contributed by atoms with Crippen molar-refractivity contribution in [2.45, 2.75) is 77.6 Å². The minimum atomic E-state index is -0.171. The first-order valence-electron chi connectivity index (χ1n) is 9.42. The van der Waals surface area contributed by atoms with Crippen LogP contribution in [-0.4, -0.2) is 5.78 Å². The van der Waals surface area contributed by atoms with Crippen molar-refractivity contribution in [2.75, 3.05) is 0 Å². The van der Waals surface area contributed by atoms with Crippen LogP contribution < -0.4 is 0 Å². The largest absolute Gasteiger partial charge is 0.299 e. The van der Waals surface area contributed by atoms with E-state index in [4.69, 9.17) is 0 Å². The summed E-state index contributed by atoms with van der Waals surface area (Å²) in [5, 5.41) is 0. The number of rotatable bonds is 8. The van der Waals surface area contributed by atoms with Gasteiger partial charge in [0, 0.05) is 12.3 Å². The number of carbonyl (C=O) groups excluding carboxylic acids is 1. The van der Waals surface area contributed by atoms with E-state index < -0.39 is 0 Å². The van der Waals surface area contributed by atoms with Crippen LogP contribution in [0.4, 0.5) is 4.39 Å². The number of Topliss-reactive ketones (excluding diaryl/α,β-unsaturated/α-hetero) is 1. The predicted molar refractivity (Wildman–Crippen MR) is 94.0 cm³/mol.